The third-order valence-corrected chi connectivity index (χ3v) is 7.98. The smallest absolute Gasteiger partial charge is 0.318 e. The van der Waals surface area contributed by atoms with Crippen molar-refractivity contribution in [1.29, 1.82) is 5.26 Å². The lowest BCUT2D eigenvalue weighted by Crippen LogP contribution is -2.53. The van der Waals surface area contributed by atoms with Crippen LogP contribution < -0.4 is 0 Å². The van der Waals surface area contributed by atoms with Gasteiger partial charge in [-0.3, -0.25) is 9.59 Å². The highest BCUT2D eigenvalue weighted by Crippen LogP contribution is 2.64. The molecule has 0 heterocycles. The Morgan fingerprint density at radius 3 is 2.64 bits per heavy atom. The van der Waals surface area contributed by atoms with Gasteiger partial charge in [-0.25, -0.2) is 4.39 Å². The Labute approximate surface area is 165 Å². The molecule has 28 heavy (non-hydrogen) atoms. The lowest BCUT2D eigenvalue weighted by molar-refractivity contribution is -0.136. The molecule has 6 heteroatoms. The lowest BCUT2D eigenvalue weighted by atomic mass is 9.48. The molecule has 3 fully saturated rings. The summed E-state index contributed by atoms with van der Waals surface area (Å²) in [6.45, 7) is 5.51. The van der Waals surface area contributed by atoms with Gasteiger partial charge in [-0.2, -0.15) is 0 Å². The number of carbonyl (C=O) groups excluding carboxylic acids is 2. The first-order valence-electron chi connectivity index (χ1n) is 10.3. The maximum absolute atomic E-state index is 14.2. The summed E-state index contributed by atoms with van der Waals surface area (Å²) in [6.07, 6.45) is 7.91. The molecule has 0 radical (unpaired) electrons. The molecule has 0 saturated heterocycles. The number of ether oxygens (including phenoxy) is 1. The Hall–Kier alpha value is -1.74. The summed E-state index contributed by atoms with van der Waals surface area (Å²) < 4.78 is 17.9. The molecule has 0 aromatic carbocycles. The van der Waals surface area contributed by atoms with Crippen molar-refractivity contribution in [3.05, 3.63) is 11.6 Å². The number of aliphatic hydroxyl groups excluding tert-OH is 1. The molecule has 0 bridgehead atoms. The maximum Gasteiger partial charge on any atom is 0.318 e. The van der Waals surface area contributed by atoms with Crippen LogP contribution in [0.1, 0.15) is 65.7 Å². The number of carbonyl (C=O) groups is 2. The second kappa shape index (κ2) is 7.59. The molecule has 1 N–H and O–H groups in total. The Kier molecular flexibility index (Phi) is 5.69. The van der Waals surface area contributed by atoms with E-state index in [1.807, 2.05) is 13.0 Å². The van der Waals surface area contributed by atoms with Crippen LogP contribution >= 0.6 is 0 Å². The van der Waals surface area contributed by atoms with Crippen molar-refractivity contribution >= 4 is 11.8 Å². The van der Waals surface area contributed by atoms with Gasteiger partial charge in [0.1, 0.15) is 6.17 Å². The van der Waals surface area contributed by atoms with E-state index in [0.29, 0.717) is 12.3 Å². The second-order valence-electron chi connectivity index (χ2n) is 9.36. The highest BCUT2D eigenvalue weighted by Gasteiger charge is 2.62. The van der Waals surface area contributed by atoms with Crippen molar-refractivity contribution in [2.45, 2.75) is 78.0 Å². The average molecular weight is 391 g/mol. The lowest BCUT2D eigenvalue weighted by Gasteiger charge is -2.56. The molecular formula is C22H30FNO4. The molecule has 4 rings (SSSR count). The van der Waals surface area contributed by atoms with Crippen LogP contribution in [0, 0.1) is 40.1 Å². The van der Waals surface area contributed by atoms with Crippen LogP contribution in [0.3, 0.4) is 0 Å². The van der Waals surface area contributed by atoms with Crippen LogP contribution in [-0.2, 0) is 14.3 Å². The zero-order chi connectivity index (χ0) is 20.7. The quantitative estimate of drug-likeness (QED) is 0.500. The van der Waals surface area contributed by atoms with E-state index in [-0.39, 0.29) is 23.0 Å². The molecule has 154 valence electrons. The predicted octanol–water partition coefficient (Wildman–Crippen LogP) is 3.86. The molecule has 0 aliphatic heterocycles. The standard InChI is InChI=1S/C19H27FO2.C3H3NO2/c1-18-7-4-3-5-11(18)9-15(21)16-12(18)6-8-19(2)13(16)10-14(20)17(19)22;1-3(5)6-2-4/h9,12-14,16-17,22H,3-8,10H2,1-2H3;1H3/t12?,13?,14-,16?,17?,18+,19+;/m1./s1. The molecule has 4 aliphatic rings. The van der Waals surface area contributed by atoms with Crippen molar-refractivity contribution in [2.24, 2.45) is 28.6 Å². The molecule has 0 aromatic heterocycles. The van der Waals surface area contributed by atoms with E-state index in [0.717, 1.165) is 19.3 Å². The Balaban J connectivity index is 0.000000330. The van der Waals surface area contributed by atoms with Crippen molar-refractivity contribution in [3.8, 4) is 6.26 Å². The number of hydrogen-bond donors (Lipinski definition) is 1. The van der Waals surface area contributed by atoms with Crippen molar-refractivity contribution < 1.29 is 23.8 Å². The van der Waals surface area contributed by atoms with Gasteiger partial charge < -0.3 is 9.84 Å². The normalized spacial score (nSPS) is 43.9. The third-order valence-electron chi connectivity index (χ3n) is 7.98. The first-order chi connectivity index (χ1) is 13.1. The number of ketones is 1. The van der Waals surface area contributed by atoms with Gasteiger partial charge in [0.15, 0.2) is 5.78 Å². The second-order valence-corrected chi connectivity index (χ2v) is 9.36. The first kappa shape index (κ1) is 21.0. The SMILES string of the molecule is CC(=O)OC#N.C[C@]12CCC3C(C(=O)C=C4CCCC[C@@]43C)C1C[C@@H](F)C2O. The van der Waals surface area contributed by atoms with E-state index in [4.69, 9.17) is 5.26 Å². The van der Waals surface area contributed by atoms with Gasteiger partial charge >= 0.3 is 5.97 Å². The van der Waals surface area contributed by atoms with E-state index in [2.05, 4.69) is 11.7 Å². The monoisotopic (exact) mass is 391 g/mol. The summed E-state index contributed by atoms with van der Waals surface area (Å²) in [5.74, 6) is -0.0497. The molecular weight excluding hydrogens is 361 g/mol. The van der Waals surface area contributed by atoms with Gasteiger partial charge in [0.2, 0.25) is 0 Å². The van der Waals surface area contributed by atoms with Gasteiger partial charge in [0, 0.05) is 12.8 Å². The summed E-state index contributed by atoms with van der Waals surface area (Å²) in [5, 5.41) is 17.9. The summed E-state index contributed by atoms with van der Waals surface area (Å²) in [5.41, 5.74) is 1.08. The fraction of sp³-hybridized carbons (Fsp3) is 0.773. The number of aliphatic hydroxyl groups is 1. The number of nitriles is 1. The number of nitrogens with zero attached hydrogens (tertiary/aromatic N) is 1. The highest BCUT2D eigenvalue weighted by atomic mass is 19.1. The largest absolute Gasteiger partial charge is 0.390 e. The van der Waals surface area contributed by atoms with Gasteiger partial charge in [0.05, 0.1) is 6.10 Å². The van der Waals surface area contributed by atoms with Gasteiger partial charge in [0.25, 0.3) is 6.26 Å². The molecule has 4 aliphatic carbocycles. The Bertz CT molecular complexity index is 729. The van der Waals surface area contributed by atoms with Crippen LogP contribution in [0.25, 0.3) is 0 Å². The highest BCUT2D eigenvalue weighted by molar-refractivity contribution is 5.94. The van der Waals surface area contributed by atoms with Crippen molar-refractivity contribution in [2.75, 3.05) is 0 Å². The fourth-order valence-corrected chi connectivity index (χ4v) is 6.45. The molecule has 0 aromatic rings. The van der Waals surface area contributed by atoms with E-state index in [1.54, 1.807) is 0 Å². The molecule has 0 amide bonds. The van der Waals surface area contributed by atoms with Crippen LogP contribution in [0.15, 0.2) is 11.6 Å². The number of rotatable bonds is 0. The maximum atomic E-state index is 14.2. The zero-order valence-corrected chi connectivity index (χ0v) is 16.9. The number of allylic oxidation sites excluding steroid dienone is 2. The number of esters is 1. The van der Waals surface area contributed by atoms with Crippen molar-refractivity contribution in [3.63, 3.8) is 0 Å². The average Bonchev–Trinajstić information content (AvgIpc) is 2.86. The summed E-state index contributed by atoms with van der Waals surface area (Å²) in [7, 11) is 0. The summed E-state index contributed by atoms with van der Waals surface area (Å²) in [4.78, 5) is 22.4. The number of fused-ring (bicyclic) bond motifs is 5. The molecule has 3 saturated carbocycles. The minimum absolute atomic E-state index is 0.0142. The molecule has 7 atom stereocenters. The van der Waals surface area contributed by atoms with E-state index in [9.17, 15) is 19.1 Å². The van der Waals surface area contributed by atoms with E-state index < -0.39 is 23.7 Å². The predicted molar refractivity (Wildman–Crippen MR) is 100 cm³/mol. The van der Waals surface area contributed by atoms with E-state index >= 15 is 0 Å². The molecule has 5 nitrogen and oxygen atoms in total. The Morgan fingerprint density at radius 1 is 1.32 bits per heavy atom. The fourth-order valence-electron chi connectivity index (χ4n) is 6.45. The van der Waals surface area contributed by atoms with Gasteiger partial charge in [-0.1, -0.05) is 25.8 Å². The third kappa shape index (κ3) is 3.28. The van der Waals surface area contributed by atoms with Gasteiger partial charge in [-0.05, 0) is 67.3 Å². The minimum Gasteiger partial charge on any atom is -0.390 e. The zero-order valence-electron chi connectivity index (χ0n) is 16.9. The van der Waals surface area contributed by atoms with Crippen molar-refractivity contribution in [1.82, 2.24) is 0 Å². The van der Waals surface area contributed by atoms with Crippen LogP contribution in [-0.4, -0.2) is 29.1 Å². The first-order valence-corrected chi connectivity index (χ1v) is 10.3. The molecule has 0 spiro atoms. The molecule has 4 unspecified atom stereocenters. The summed E-state index contributed by atoms with van der Waals surface area (Å²) >= 11 is 0. The number of alkyl halides is 1. The van der Waals surface area contributed by atoms with Gasteiger partial charge in [-0.15, -0.1) is 5.26 Å². The van der Waals surface area contributed by atoms with Crippen LogP contribution in [0.5, 0.6) is 0 Å². The Morgan fingerprint density at radius 2 is 2.04 bits per heavy atom. The van der Waals surface area contributed by atoms with Crippen LogP contribution in [0.4, 0.5) is 4.39 Å². The van der Waals surface area contributed by atoms with Crippen LogP contribution in [0.2, 0.25) is 0 Å². The minimum atomic E-state index is -1.16. The number of hydrogen-bond acceptors (Lipinski definition) is 5. The topological polar surface area (TPSA) is 87.4 Å². The van der Waals surface area contributed by atoms with E-state index in [1.165, 1.54) is 38.0 Å². The summed E-state index contributed by atoms with van der Waals surface area (Å²) in [6, 6.07) is 0. The number of halogens is 1.